The van der Waals surface area contributed by atoms with Gasteiger partial charge in [0.05, 0.1) is 17.6 Å². The predicted molar refractivity (Wildman–Crippen MR) is 104 cm³/mol. The Bertz CT molecular complexity index is 551. The number of amides is 1. The number of carboxylic acid groups (broad SMARTS) is 1. The van der Waals surface area contributed by atoms with Gasteiger partial charge in [-0.05, 0) is 61.8 Å². The number of hydrogen-bond acceptors (Lipinski definition) is 5. The van der Waals surface area contributed by atoms with E-state index < -0.39 is 42.0 Å². The predicted octanol–water partition coefficient (Wildman–Crippen LogP) is 3.66. The molecule has 1 rings (SSSR count). The minimum atomic E-state index is -0.955. The molecule has 0 unspecified atom stereocenters. The number of ether oxygens (including phenoxy) is 1. The van der Waals surface area contributed by atoms with Crippen LogP contribution in [0.25, 0.3) is 0 Å². The van der Waals surface area contributed by atoms with Gasteiger partial charge < -0.3 is 24.1 Å². The lowest BCUT2D eigenvalue weighted by Crippen LogP contribution is -2.43. The van der Waals surface area contributed by atoms with Gasteiger partial charge in [-0.2, -0.15) is 0 Å². The maximum absolute atomic E-state index is 12.4. The quantitative estimate of drug-likeness (QED) is 0.676. The summed E-state index contributed by atoms with van der Waals surface area (Å²) in [6, 6.07) is -0.470. The van der Waals surface area contributed by atoms with Crippen LogP contribution in [-0.4, -0.2) is 58.6 Å². The Morgan fingerprint density at radius 2 is 1.70 bits per heavy atom. The van der Waals surface area contributed by atoms with Crippen molar-refractivity contribution < 1.29 is 28.7 Å². The summed E-state index contributed by atoms with van der Waals surface area (Å²) in [7, 11) is -0.443. The van der Waals surface area contributed by atoms with Gasteiger partial charge in [-0.15, -0.1) is 0 Å². The van der Waals surface area contributed by atoms with Crippen LogP contribution in [0.3, 0.4) is 0 Å². The van der Waals surface area contributed by atoms with Crippen molar-refractivity contribution >= 4 is 19.2 Å². The first kappa shape index (κ1) is 23.5. The molecule has 27 heavy (non-hydrogen) atoms. The van der Waals surface area contributed by atoms with Gasteiger partial charge in [-0.3, -0.25) is 4.79 Å². The van der Waals surface area contributed by atoms with E-state index in [0.717, 1.165) is 0 Å². The van der Waals surface area contributed by atoms with Gasteiger partial charge >= 0.3 is 19.2 Å². The minimum Gasteiger partial charge on any atom is -0.481 e. The normalized spacial score (nSPS) is 19.9. The number of nitrogens with zero attached hydrogens (tertiary/aromatic N) is 1. The fraction of sp³-hybridized carbons (Fsp3) is 0.789. The van der Waals surface area contributed by atoms with Gasteiger partial charge in [-0.1, -0.05) is 12.1 Å². The molecular weight excluding hydrogens is 349 g/mol. The van der Waals surface area contributed by atoms with Crippen molar-refractivity contribution in [2.75, 3.05) is 6.54 Å². The molecular formula is C19H34BNO6. The first-order valence-electron chi connectivity index (χ1n) is 9.38. The molecule has 1 aliphatic rings. The second kappa shape index (κ2) is 8.65. The van der Waals surface area contributed by atoms with Gasteiger partial charge in [0.15, 0.2) is 0 Å². The lowest BCUT2D eigenvalue weighted by atomic mass is 9.90. The van der Waals surface area contributed by atoms with E-state index in [4.69, 9.17) is 19.2 Å². The number of carbonyl (C=O) groups is 2. The lowest BCUT2D eigenvalue weighted by Gasteiger charge is -2.32. The number of carbonyl (C=O) groups excluding carboxylic acids is 1. The molecule has 154 valence electrons. The summed E-state index contributed by atoms with van der Waals surface area (Å²) in [5, 5.41) is 9.03. The van der Waals surface area contributed by atoms with Gasteiger partial charge in [0, 0.05) is 12.6 Å². The Hall–Kier alpha value is -1.54. The highest BCUT2D eigenvalue weighted by atomic mass is 16.7. The monoisotopic (exact) mass is 383 g/mol. The fourth-order valence-corrected chi connectivity index (χ4v) is 2.56. The summed E-state index contributed by atoms with van der Waals surface area (Å²) < 4.78 is 17.2. The molecule has 1 aliphatic heterocycles. The van der Waals surface area contributed by atoms with Crippen LogP contribution in [0.2, 0.25) is 0 Å². The molecule has 0 aromatic heterocycles. The van der Waals surface area contributed by atoms with Gasteiger partial charge in [0.2, 0.25) is 0 Å². The SMILES string of the molecule is C[C@@H](CC(=O)O)N(CC/C=C/B1OC(C)(C)C(C)(C)O1)C(=O)OC(C)(C)C. The van der Waals surface area contributed by atoms with Crippen LogP contribution in [0.4, 0.5) is 4.79 Å². The lowest BCUT2D eigenvalue weighted by molar-refractivity contribution is -0.138. The molecule has 1 heterocycles. The van der Waals surface area contributed by atoms with Crippen molar-refractivity contribution in [3.63, 3.8) is 0 Å². The molecule has 1 saturated heterocycles. The third-order valence-electron chi connectivity index (χ3n) is 4.73. The van der Waals surface area contributed by atoms with Gasteiger partial charge in [-0.25, -0.2) is 4.79 Å². The average molecular weight is 383 g/mol. The third-order valence-corrected chi connectivity index (χ3v) is 4.73. The molecule has 0 saturated carbocycles. The second-order valence-electron chi connectivity index (χ2n) is 8.96. The van der Waals surface area contributed by atoms with Crippen molar-refractivity contribution in [1.29, 1.82) is 0 Å². The largest absolute Gasteiger partial charge is 0.486 e. The van der Waals surface area contributed by atoms with E-state index in [2.05, 4.69) is 0 Å². The summed E-state index contributed by atoms with van der Waals surface area (Å²) in [6.45, 7) is 15.3. The highest BCUT2D eigenvalue weighted by Gasteiger charge is 2.49. The zero-order chi connectivity index (χ0) is 21.0. The topological polar surface area (TPSA) is 85.3 Å². The molecule has 0 radical (unpaired) electrons. The maximum Gasteiger partial charge on any atom is 0.486 e. The first-order valence-corrected chi connectivity index (χ1v) is 9.38. The molecule has 1 N–H and O–H groups in total. The maximum atomic E-state index is 12.4. The van der Waals surface area contributed by atoms with Crippen LogP contribution < -0.4 is 0 Å². The van der Waals surface area contributed by atoms with Gasteiger partial charge in [0.25, 0.3) is 0 Å². The van der Waals surface area contributed by atoms with E-state index in [9.17, 15) is 9.59 Å². The summed E-state index contributed by atoms with van der Waals surface area (Å²) in [5.41, 5.74) is -1.45. The zero-order valence-corrected chi connectivity index (χ0v) is 17.9. The fourth-order valence-electron chi connectivity index (χ4n) is 2.56. The van der Waals surface area contributed by atoms with Crippen LogP contribution in [0.15, 0.2) is 12.1 Å². The number of aliphatic carboxylic acids is 1. The van der Waals surface area contributed by atoms with E-state index in [0.29, 0.717) is 13.0 Å². The molecule has 0 aliphatic carbocycles. The van der Waals surface area contributed by atoms with Crippen LogP contribution in [0.1, 0.15) is 68.2 Å². The molecule has 8 heteroatoms. The van der Waals surface area contributed by atoms with Crippen molar-refractivity contribution in [2.45, 2.75) is 91.1 Å². The molecule has 1 amide bonds. The zero-order valence-electron chi connectivity index (χ0n) is 17.9. The molecule has 0 aromatic rings. The smallest absolute Gasteiger partial charge is 0.481 e. The highest BCUT2D eigenvalue weighted by molar-refractivity contribution is 6.51. The van der Waals surface area contributed by atoms with Crippen LogP contribution in [0.5, 0.6) is 0 Å². The highest BCUT2D eigenvalue weighted by Crippen LogP contribution is 2.36. The Kier molecular flexibility index (Phi) is 7.53. The van der Waals surface area contributed by atoms with Gasteiger partial charge in [0.1, 0.15) is 5.60 Å². The number of hydrogen-bond donors (Lipinski definition) is 1. The Balaban J connectivity index is 2.68. The Labute approximate surface area is 163 Å². The van der Waals surface area contributed by atoms with Crippen molar-refractivity contribution in [3.8, 4) is 0 Å². The molecule has 1 fully saturated rings. The van der Waals surface area contributed by atoms with Crippen LogP contribution in [0, 0.1) is 0 Å². The van der Waals surface area contributed by atoms with E-state index in [1.165, 1.54) is 4.90 Å². The molecule has 7 nitrogen and oxygen atoms in total. The number of rotatable bonds is 7. The molecule has 0 bridgehead atoms. The summed E-state index contributed by atoms with van der Waals surface area (Å²) in [4.78, 5) is 24.9. The molecule has 0 aromatic carbocycles. The Morgan fingerprint density at radius 3 is 2.15 bits per heavy atom. The summed E-state index contributed by atoms with van der Waals surface area (Å²) in [6.07, 6.45) is 1.76. The summed E-state index contributed by atoms with van der Waals surface area (Å²) >= 11 is 0. The van der Waals surface area contributed by atoms with E-state index >= 15 is 0 Å². The van der Waals surface area contributed by atoms with E-state index in [-0.39, 0.29) is 6.42 Å². The third kappa shape index (κ3) is 7.18. The van der Waals surface area contributed by atoms with Crippen molar-refractivity contribution in [3.05, 3.63) is 12.1 Å². The molecule has 0 spiro atoms. The Morgan fingerprint density at radius 1 is 1.19 bits per heavy atom. The standard InChI is InChI=1S/C19H34BNO6/c1-14(13-15(22)23)21(16(24)25-17(2,3)4)12-10-9-11-20-26-18(5,6)19(7,8)27-20/h9,11,14H,10,12-13H2,1-8H3,(H,22,23)/b11-9+/t14-/m0/s1. The van der Waals surface area contributed by atoms with E-state index in [1.54, 1.807) is 27.7 Å². The van der Waals surface area contributed by atoms with E-state index in [1.807, 2.05) is 39.7 Å². The first-order chi connectivity index (χ1) is 12.1. The average Bonchev–Trinajstić information content (AvgIpc) is 2.63. The van der Waals surface area contributed by atoms with Crippen LogP contribution in [-0.2, 0) is 18.8 Å². The number of carboxylic acids is 1. The second-order valence-corrected chi connectivity index (χ2v) is 8.96. The summed E-state index contributed by atoms with van der Waals surface area (Å²) in [5.74, 6) is 0.870. The minimum absolute atomic E-state index is 0.139. The van der Waals surface area contributed by atoms with Crippen molar-refractivity contribution in [2.24, 2.45) is 0 Å². The van der Waals surface area contributed by atoms with Crippen molar-refractivity contribution in [1.82, 2.24) is 4.90 Å². The van der Waals surface area contributed by atoms with Crippen LogP contribution >= 0.6 is 0 Å². The molecule has 1 atom stereocenters.